The molecule has 2 aromatic rings. The number of aromatic nitrogens is 2. The number of hydrogen-bond donors (Lipinski definition) is 2. The van der Waals surface area contributed by atoms with Crippen molar-refractivity contribution in [1.82, 2.24) is 15.5 Å². The van der Waals surface area contributed by atoms with Gasteiger partial charge in [0.1, 0.15) is 0 Å². The zero-order valence-electron chi connectivity index (χ0n) is 10.8. The average Bonchev–Trinajstić information content (AvgIpc) is 2.78. The lowest BCUT2D eigenvalue weighted by molar-refractivity contribution is 0.0959. The Morgan fingerprint density at radius 2 is 2.11 bits per heavy atom. The molecule has 0 fully saturated rings. The van der Waals surface area contributed by atoms with Gasteiger partial charge in [-0.2, -0.15) is 5.10 Å². The van der Waals surface area contributed by atoms with Crippen molar-refractivity contribution in [3.63, 3.8) is 0 Å². The van der Waals surface area contributed by atoms with Gasteiger partial charge >= 0.3 is 0 Å². The normalized spacial score (nSPS) is 11.5. The molecule has 1 aromatic heterocycles. The van der Waals surface area contributed by atoms with Gasteiger partial charge in [-0.1, -0.05) is 0 Å². The molecule has 2 rings (SSSR count). The number of carbonyl (C=O) groups is 1. The summed E-state index contributed by atoms with van der Waals surface area (Å²) in [5.74, 6) is -0.296. The van der Waals surface area contributed by atoms with Gasteiger partial charge in [0.05, 0.1) is 17.5 Å². The lowest BCUT2D eigenvalue weighted by atomic mass is 10.2. The van der Waals surface area contributed by atoms with E-state index in [2.05, 4.69) is 15.5 Å². The van der Waals surface area contributed by atoms with Gasteiger partial charge in [-0.05, 0) is 18.2 Å². The maximum atomic E-state index is 11.6. The Morgan fingerprint density at radius 1 is 1.42 bits per heavy atom. The number of H-pyrrole nitrogens is 1. The first-order valence-electron chi connectivity index (χ1n) is 5.48. The Morgan fingerprint density at radius 3 is 2.68 bits per heavy atom. The molecule has 0 aliphatic rings. The minimum Gasteiger partial charge on any atom is -0.354 e. The van der Waals surface area contributed by atoms with Crippen LogP contribution in [0.25, 0.3) is 10.9 Å². The summed E-state index contributed by atoms with van der Waals surface area (Å²) in [4.78, 5) is 11.6. The average molecular weight is 282 g/mol. The molecule has 19 heavy (non-hydrogen) atoms. The Balaban J connectivity index is 2.52. The second-order valence-electron chi connectivity index (χ2n) is 4.11. The van der Waals surface area contributed by atoms with Crippen LogP contribution in [0, 0.1) is 0 Å². The largest absolute Gasteiger partial charge is 0.354 e. The second kappa shape index (κ2) is 4.54. The van der Waals surface area contributed by atoms with Crippen LogP contribution >= 0.6 is 0 Å². The summed E-state index contributed by atoms with van der Waals surface area (Å²) in [5, 5.41) is 9.78. The SMILES string of the molecule is CNC(=O)c1n[nH]c2cc(N(C)S(C)(=O)=O)ccc12. The maximum absolute atomic E-state index is 11.6. The molecule has 0 radical (unpaired) electrons. The van der Waals surface area contributed by atoms with E-state index in [1.165, 1.54) is 14.1 Å². The van der Waals surface area contributed by atoms with Gasteiger partial charge in [0.25, 0.3) is 5.91 Å². The molecule has 7 nitrogen and oxygen atoms in total. The highest BCUT2D eigenvalue weighted by molar-refractivity contribution is 7.92. The van der Waals surface area contributed by atoms with E-state index < -0.39 is 10.0 Å². The lowest BCUT2D eigenvalue weighted by Gasteiger charge is -2.16. The number of anilines is 1. The highest BCUT2D eigenvalue weighted by Gasteiger charge is 2.16. The smallest absolute Gasteiger partial charge is 0.272 e. The van der Waals surface area contributed by atoms with Crippen molar-refractivity contribution in [2.45, 2.75) is 0 Å². The summed E-state index contributed by atoms with van der Waals surface area (Å²) >= 11 is 0. The van der Waals surface area contributed by atoms with Crippen molar-refractivity contribution in [3.05, 3.63) is 23.9 Å². The number of nitrogens with one attached hydrogen (secondary N) is 2. The highest BCUT2D eigenvalue weighted by atomic mass is 32.2. The third kappa shape index (κ3) is 2.39. The van der Waals surface area contributed by atoms with Crippen LogP contribution in [0.1, 0.15) is 10.5 Å². The number of carbonyl (C=O) groups excluding carboxylic acids is 1. The predicted octanol–water partition coefficient (Wildman–Crippen LogP) is 0.318. The fraction of sp³-hybridized carbons (Fsp3) is 0.273. The number of sulfonamides is 1. The van der Waals surface area contributed by atoms with Gasteiger partial charge in [-0.3, -0.25) is 14.2 Å². The first-order chi connectivity index (χ1) is 8.84. The van der Waals surface area contributed by atoms with Crippen LogP contribution in [0.3, 0.4) is 0 Å². The summed E-state index contributed by atoms with van der Waals surface area (Å²) in [6.45, 7) is 0. The van der Waals surface area contributed by atoms with E-state index in [9.17, 15) is 13.2 Å². The molecular formula is C11H14N4O3S. The molecule has 0 aliphatic heterocycles. The molecule has 0 spiro atoms. The minimum absolute atomic E-state index is 0.283. The monoisotopic (exact) mass is 282 g/mol. The van der Waals surface area contributed by atoms with Crippen LogP contribution in [0.15, 0.2) is 18.2 Å². The Hall–Kier alpha value is -2.09. The van der Waals surface area contributed by atoms with Crippen LogP contribution in [0.4, 0.5) is 5.69 Å². The summed E-state index contributed by atoms with van der Waals surface area (Å²) < 4.78 is 24.1. The third-order valence-electron chi connectivity index (χ3n) is 2.85. The van der Waals surface area contributed by atoms with Crippen molar-refractivity contribution in [1.29, 1.82) is 0 Å². The van der Waals surface area contributed by atoms with E-state index in [0.29, 0.717) is 16.6 Å². The topological polar surface area (TPSA) is 95.2 Å². The Labute approximate surface area is 110 Å². The highest BCUT2D eigenvalue weighted by Crippen LogP contribution is 2.23. The molecule has 0 saturated carbocycles. The second-order valence-corrected chi connectivity index (χ2v) is 6.13. The number of fused-ring (bicyclic) bond motifs is 1. The zero-order chi connectivity index (χ0) is 14.2. The fourth-order valence-corrected chi connectivity index (χ4v) is 2.18. The molecule has 8 heteroatoms. The molecule has 0 unspecified atom stereocenters. The van der Waals surface area contributed by atoms with Gasteiger partial charge in [0.2, 0.25) is 10.0 Å². The van der Waals surface area contributed by atoms with E-state index in [1.54, 1.807) is 18.2 Å². The summed E-state index contributed by atoms with van der Waals surface area (Å²) in [6.07, 6.45) is 1.13. The van der Waals surface area contributed by atoms with Crippen LogP contribution in [-0.2, 0) is 10.0 Å². The predicted molar refractivity (Wildman–Crippen MR) is 72.7 cm³/mol. The van der Waals surface area contributed by atoms with E-state index >= 15 is 0 Å². The molecule has 1 amide bonds. The molecule has 0 atom stereocenters. The number of nitrogens with zero attached hydrogens (tertiary/aromatic N) is 2. The van der Waals surface area contributed by atoms with E-state index in [1.807, 2.05) is 0 Å². The number of amides is 1. The van der Waals surface area contributed by atoms with E-state index in [0.717, 1.165) is 10.6 Å². The van der Waals surface area contributed by atoms with Gasteiger partial charge in [-0.25, -0.2) is 8.42 Å². The number of aromatic amines is 1. The number of hydrogen-bond acceptors (Lipinski definition) is 4. The molecular weight excluding hydrogens is 268 g/mol. The summed E-state index contributed by atoms with van der Waals surface area (Å²) in [7, 11) is -0.332. The summed E-state index contributed by atoms with van der Waals surface area (Å²) in [6, 6.07) is 4.93. The summed E-state index contributed by atoms with van der Waals surface area (Å²) in [5.41, 5.74) is 1.39. The first kappa shape index (κ1) is 13.3. The third-order valence-corrected chi connectivity index (χ3v) is 4.06. The molecule has 0 aliphatic carbocycles. The number of rotatable bonds is 3. The van der Waals surface area contributed by atoms with Crippen molar-refractivity contribution in [3.8, 4) is 0 Å². The first-order valence-corrected chi connectivity index (χ1v) is 7.33. The molecule has 0 bridgehead atoms. The minimum atomic E-state index is -3.32. The molecule has 102 valence electrons. The molecule has 0 saturated heterocycles. The zero-order valence-corrected chi connectivity index (χ0v) is 11.6. The van der Waals surface area contributed by atoms with Crippen molar-refractivity contribution in [2.75, 3.05) is 24.7 Å². The van der Waals surface area contributed by atoms with Crippen LogP contribution in [-0.4, -0.2) is 44.9 Å². The van der Waals surface area contributed by atoms with E-state index in [-0.39, 0.29) is 11.6 Å². The van der Waals surface area contributed by atoms with Gasteiger partial charge < -0.3 is 5.32 Å². The van der Waals surface area contributed by atoms with Gasteiger partial charge in [0.15, 0.2) is 5.69 Å². The lowest BCUT2D eigenvalue weighted by Crippen LogP contribution is -2.24. The van der Waals surface area contributed by atoms with Gasteiger partial charge in [-0.15, -0.1) is 0 Å². The molecule has 1 heterocycles. The van der Waals surface area contributed by atoms with Gasteiger partial charge in [0, 0.05) is 19.5 Å². The fourth-order valence-electron chi connectivity index (χ4n) is 1.69. The van der Waals surface area contributed by atoms with Crippen LogP contribution in [0.2, 0.25) is 0 Å². The van der Waals surface area contributed by atoms with Crippen LogP contribution in [0.5, 0.6) is 0 Å². The molecule has 2 N–H and O–H groups in total. The number of benzene rings is 1. The maximum Gasteiger partial charge on any atom is 0.272 e. The van der Waals surface area contributed by atoms with Crippen molar-refractivity contribution >= 4 is 32.5 Å². The van der Waals surface area contributed by atoms with Crippen molar-refractivity contribution < 1.29 is 13.2 Å². The van der Waals surface area contributed by atoms with Crippen LogP contribution < -0.4 is 9.62 Å². The van der Waals surface area contributed by atoms with E-state index in [4.69, 9.17) is 0 Å². The van der Waals surface area contributed by atoms with Crippen molar-refractivity contribution in [2.24, 2.45) is 0 Å². The standard InChI is InChI=1S/C11H14N4O3S/c1-12-11(16)10-8-5-4-7(6-9(8)13-14-10)15(2)19(3,17)18/h4-6H,1-3H3,(H,12,16)(H,13,14). The quantitative estimate of drug-likeness (QED) is 0.847. The Kier molecular flexibility index (Phi) is 3.19. The molecule has 1 aromatic carbocycles. The Bertz CT molecular complexity index is 735.